The van der Waals surface area contributed by atoms with Crippen LogP contribution in [0, 0.1) is 6.92 Å². The maximum atomic E-state index is 12.7. The highest BCUT2D eigenvalue weighted by Gasteiger charge is 2.18. The van der Waals surface area contributed by atoms with E-state index in [1.165, 1.54) is 11.8 Å². The van der Waals surface area contributed by atoms with Gasteiger partial charge >= 0.3 is 0 Å². The molecule has 9 heteroatoms. The number of aryl methyl sites for hydroxylation is 1. The number of benzene rings is 3. The van der Waals surface area contributed by atoms with Crippen LogP contribution in [0.2, 0.25) is 0 Å². The highest BCUT2D eigenvalue weighted by atomic mass is 79.9. The van der Waals surface area contributed by atoms with Crippen molar-refractivity contribution >= 4 is 55.2 Å². The number of methoxy groups -OCH3 is 1. The van der Waals surface area contributed by atoms with Crippen LogP contribution < -0.4 is 10.1 Å². The molecule has 1 aromatic heterocycles. The number of rotatable bonds is 7. The minimum absolute atomic E-state index is 0.143. The number of hydrogen-bond donors (Lipinski definition) is 1. The molecule has 6 nitrogen and oxygen atoms in total. The molecule has 0 spiro atoms. The van der Waals surface area contributed by atoms with Gasteiger partial charge in [-0.25, -0.2) is 0 Å². The predicted molar refractivity (Wildman–Crippen MR) is 139 cm³/mol. The molecule has 0 fully saturated rings. The Balaban J connectivity index is 1.60. The lowest BCUT2D eigenvalue weighted by molar-refractivity contribution is -0.113. The zero-order chi connectivity index (χ0) is 23.4. The van der Waals surface area contributed by atoms with E-state index in [9.17, 15) is 4.79 Å². The lowest BCUT2D eigenvalue weighted by Crippen LogP contribution is -2.15. The van der Waals surface area contributed by atoms with Crippen LogP contribution in [0.1, 0.15) is 5.56 Å². The Morgan fingerprint density at radius 2 is 1.70 bits per heavy atom. The summed E-state index contributed by atoms with van der Waals surface area (Å²) in [5.74, 6) is 1.50. The van der Waals surface area contributed by atoms with Crippen molar-refractivity contribution in [3.63, 3.8) is 0 Å². The molecule has 1 heterocycles. The summed E-state index contributed by atoms with van der Waals surface area (Å²) in [6.45, 7) is 1.99. The summed E-state index contributed by atoms with van der Waals surface area (Å²) in [5, 5.41) is 12.4. The standard InChI is InChI=1S/C24H20Br2N4O2S/c1-15-12-19(25)22(20(26)13-15)27-21(31)14-33-24-29-28-23(16-6-4-3-5-7-16)30(24)17-8-10-18(32-2)11-9-17/h3-13H,14H2,1-2H3,(H,27,31). The number of thioether (sulfide) groups is 1. The van der Waals surface area contributed by atoms with Gasteiger partial charge in [0.15, 0.2) is 11.0 Å². The van der Waals surface area contributed by atoms with E-state index in [0.717, 1.165) is 31.5 Å². The Labute approximate surface area is 213 Å². The van der Waals surface area contributed by atoms with Crippen molar-refractivity contribution in [2.75, 3.05) is 18.2 Å². The highest BCUT2D eigenvalue weighted by molar-refractivity contribution is 9.11. The van der Waals surface area contributed by atoms with E-state index >= 15 is 0 Å². The fraction of sp³-hybridized carbons (Fsp3) is 0.125. The van der Waals surface area contributed by atoms with Gasteiger partial charge in [0.2, 0.25) is 5.91 Å². The first-order valence-corrected chi connectivity index (χ1v) is 12.6. The Morgan fingerprint density at radius 3 is 2.33 bits per heavy atom. The molecule has 168 valence electrons. The van der Waals surface area contributed by atoms with E-state index in [-0.39, 0.29) is 11.7 Å². The number of halogens is 2. The third kappa shape index (κ3) is 5.48. The van der Waals surface area contributed by atoms with Crippen molar-refractivity contribution in [3.05, 3.63) is 81.2 Å². The lowest BCUT2D eigenvalue weighted by atomic mass is 10.2. The molecule has 33 heavy (non-hydrogen) atoms. The summed E-state index contributed by atoms with van der Waals surface area (Å²) in [6.07, 6.45) is 0. The van der Waals surface area contributed by atoms with Crippen molar-refractivity contribution in [1.29, 1.82) is 0 Å². The molecule has 0 bridgehead atoms. The van der Waals surface area contributed by atoms with Crippen LogP contribution in [0.5, 0.6) is 5.75 Å². The fourth-order valence-electron chi connectivity index (χ4n) is 3.23. The molecule has 3 aromatic carbocycles. The van der Waals surface area contributed by atoms with Gasteiger partial charge in [-0.1, -0.05) is 42.1 Å². The highest BCUT2D eigenvalue weighted by Crippen LogP contribution is 2.33. The molecule has 0 radical (unpaired) electrons. The predicted octanol–water partition coefficient (Wildman–Crippen LogP) is 6.51. The second-order valence-corrected chi connectivity index (χ2v) is 9.80. The average Bonchev–Trinajstić information content (AvgIpc) is 3.24. The molecule has 0 saturated heterocycles. The first-order valence-electron chi connectivity index (χ1n) is 10.00. The third-order valence-electron chi connectivity index (χ3n) is 4.78. The first kappa shape index (κ1) is 23.5. The van der Waals surface area contributed by atoms with E-state index < -0.39 is 0 Å². The van der Waals surface area contributed by atoms with Crippen LogP contribution >= 0.6 is 43.6 Å². The Kier molecular flexibility index (Phi) is 7.52. The van der Waals surface area contributed by atoms with Crippen molar-refractivity contribution in [1.82, 2.24) is 14.8 Å². The largest absolute Gasteiger partial charge is 0.497 e. The van der Waals surface area contributed by atoms with E-state index in [1.54, 1.807) is 7.11 Å². The van der Waals surface area contributed by atoms with Crippen LogP contribution in [0.4, 0.5) is 5.69 Å². The van der Waals surface area contributed by atoms with Crippen LogP contribution in [0.25, 0.3) is 17.1 Å². The minimum atomic E-state index is -0.143. The van der Waals surface area contributed by atoms with Gasteiger partial charge in [0, 0.05) is 20.2 Å². The van der Waals surface area contributed by atoms with E-state index in [0.29, 0.717) is 16.7 Å². The molecular formula is C24H20Br2N4O2S. The number of aromatic nitrogens is 3. The quantitative estimate of drug-likeness (QED) is 0.250. The number of hydrogen-bond acceptors (Lipinski definition) is 5. The van der Waals surface area contributed by atoms with Gasteiger partial charge in [-0.15, -0.1) is 10.2 Å². The molecule has 0 atom stereocenters. The number of anilines is 1. The molecule has 0 unspecified atom stereocenters. The SMILES string of the molecule is COc1ccc(-n2c(SCC(=O)Nc3c(Br)cc(C)cc3Br)nnc2-c2ccccc2)cc1. The summed E-state index contributed by atoms with van der Waals surface area (Å²) >= 11 is 8.36. The zero-order valence-corrected chi connectivity index (χ0v) is 21.9. The number of nitrogens with zero attached hydrogens (tertiary/aromatic N) is 3. The van der Waals surface area contributed by atoms with Gasteiger partial charge in [0.05, 0.1) is 18.6 Å². The normalized spacial score (nSPS) is 10.8. The minimum Gasteiger partial charge on any atom is -0.497 e. The topological polar surface area (TPSA) is 69.0 Å². The number of amides is 1. The summed E-state index contributed by atoms with van der Waals surface area (Å²) in [7, 11) is 1.63. The summed E-state index contributed by atoms with van der Waals surface area (Å²) in [4.78, 5) is 12.7. The number of carbonyl (C=O) groups is 1. The fourth-order valence-corrected chi connectivity index (χ4v) is 5.59. The van der Waals surface area contributed by atoms with Gasteiger partial charge in [-0.2, -0.15) is 0 Å². The molecule has 1 amide bonds. The molecule has 4 rings (SSSR count). The molecule has 0 aliphatic carbocycles. The van der Waals surface area contributed by atoms with Gasteiger partial charge in [-0.05, 0) is 80.7 Å². The molecular weight excluding hydrogens is 568 g/mol. The first-order chi connectivity index (χ1) is 16.0. The Hall–Kier alpha value is -2.62. The maximum absolute atomic E-state index is 12.7. The van der Waals surface area contributed by atoms with E-state index in [4.69, 9.17) is 4.74 Å². The number of carbonyl (C=O) groups excluding carboxylic acids is 1. The summed E-state index contributed by atoms with van der Waals surface area (Å²) in [6, 6.07) is 21.4. The second-order valence-electron chi connectivity index (χ2n) is 7.15. The molecule has 4 aromatic rings. The number of ether oxygens (including phenoxy) is 1. The molecule has 1 N–H and O–H groups in total. The van der Waals surface area contributed by atoms with Crippen LogP contribution in [0.3, 0.4) is 0 Å². The lowest BCUT2D eigenvalue weighted by Gasteiger charge is -2.12. The summed E-state index contributed by atoms with van der Waals surface area (Å²) in [5.41, 5.74) is 3.60. The molecule has 0 aliphatic heterocycles. The van der Waals surface area contributed by atoms with Crippen LogP contribution in [-0.4, -0.2) is 33.5 Å². The van der Waals surface area contributed by atoms with Gasteiger partial charge in [0.1, 0.15) is 5.75 Å². The number of nitrogens with one attached hydrogen (secondary N) is 1. The smallest absolute Gasteiger partial charge is 0.234 e. The average molecular weight is 588 g/mol. The molecule has 0 saturated carbocycles. The van der Waals surface area contributed by atoms with Gasteiger partial charge in [-0.3, -0.25) is 9.36 Å². The summed E-state index contributed by atoms with van der Waals surface area (Å²) < 4.78 is 8.88. The monoisotopic (exact) mass is 586 g/mol. The Morgan fingerprint density at radius 1 is 1.03 bits per heavy atom. The van der Waals surface area contributed by atoms with Gasteiger partial charge in [0.25, 0.3) is 0 Å². The maximum Gasteiger partial charge on any atom is 0.234 e. The van der Waals surface area contributed by atoms with Gasteiger partial charge < -0.3 is 10.1 Å². The van der Waals surface area contributed by atoms with Crippen molar-refractivity contribution in [2.24, 2.45) is 0 Å². The van der Waals surface area contributed by atoms with Crippen molar-refractivity contribution in [3.8, 4) is 22.8 Å². The van der Waals surface area contributed by atoms with Crippen LogP contribution in [-0.2, 0) is 4.79 Å². The van der Waals surface area contributed by atoms with E-state index in [1.807, 2.05) is 78.2 Å². The second kappa shape index (κ2) is 10.5. The zero-order valence-electron chi connectivity index (χ0n) is 17.9. The third-order valence-corrected chi connectivity index (χ3v) is 6.96. The van der Waals surface area contributed by atoms with E-state index in [2.05, 4.69) is 47.4 Å². The van der Waals surface area contributed by atoms with Crippen molar-refractivity contribution < 1.29 is 9.53 Å². The van der Waals surface area contributed by atoms with Crippen LogP contribution in [0.15, 0.2) is 80.8 Å². The Bertz CT molecular complexity index is 1250. The van der Waals surface area contributed by atoms with Crippen molar-refractivity contribution in [2.45, 2.75) is 12.1 Å². The molecule has 0 aliphatic rings.